The molecule has 0 aliphatic carbocycles. The van der Waals surface area contributed by atoms with Crippen molar-refractivity contribution in [2.45, 2.75) is 6.54 Å². The van der Waals surface area contributed by atoms with Crippen molar-refractivity contribution in [1.29, 1.82) is 0 Å². The average molecular weight is 370 g/mol. The van der Waals surface area contributed by atoms with Crippen LogP contribution in [0.15, 0.2) is 72.4 Å². The van der Waals surface area contributed by atoms with E-state index >= 15 is 0 Å². The van der Waals surface area contributed by atoms with E-state index in [0.717, 1.165) is 5.56 Å². The summed E-state index contributed by atoms with van der Waals surface area (Å²) in [6.07, 6.45) is 5.14. The van der Waals surface area contributed by atoms with Crippen molar-refractivity contribution in [3.63, 3.8) is 0 Å². The van der Waals surface area contributed by atoms with E-state index in [2.05, 4.69) is 10.1 Å². The van der Waals surface area contributed by atoms with Gasteiger partial charge in [-0.1, -0.05) is 28.9 Å². The number of aromatic nitrogens is 2. The molecule has 132 valence electrons. The van der Waals surface area contributed by atoms with Gasteiger partial charge in [0.05, 0.1) is 25.5 Å². The van der Waals surface area contributed by atoms with Gasteiger partial charge in [0, 0.05) is 23.0 Å². The second-order valence-corrected chi connectivity index (χ2v) is 5.82. The maximum atomic E-state index is 12.2. The standard InChI is InChI=1S/C19H16ClN3O3/c1-25-17-8-4-15(5-9-17)19(24)26-22-18(12-23-11-10-21-13-23)14-2-6-16(20)7-3-14/h2-11,13H,12H2,1H3/b22-18+. The molecular formula is C19H16ClN3O3. The smallest absolute Gasteiger partial charge is 0.365 e. The molecule has 0 aliphatic rings. The number of nitrogens with zero attached hydrogens (tertiary/aromatic N) is 3. The first-order valence-corrected chi connectivity index (χ1v) is 8.17. The number of methoxy groups -OCH3 is 1. The molecule has 26 heavy (non-hydrogen) atoms. The van der Waals surface area contributed by atoms with Crippen molar-refractivity contribution in [1.82, 2.24) is 9.55 Å². The topological polar surface area (TPSA) is 65.7 Å². The Morgan fingerprint density at radius 3 is 2.42 bits per heavy atom. The van der Waals surface area contributed by atoms with E-state index in [1.807, 2.05) is 16.7 Å². The summed E-state index contributed by atoms with van der Waals surface area (Å²) in [4.78, 5) is 21.4. The monoisotopic (exact) mass is 369 g/mol. The van der Waals surface area contributed by atoms with Crippen LogP contribution in [0.2, 0.25) is 5.02 Å². The van der Waals surface area contributed by atoms with E-state index in [9.17, 15) is 4.79 Å². The first-order chi connectivity index (χ1) is 12.7. The van der Waals surface area contributed by atoms with Gasteiger partial charge in [0.1, 0.15) is 11.5 Å². The van der Waals surface area contributed by atoms with Gasteiger partial charge in [-0.05, 0) is 36.4 Å². The third-order valence-corrected chi connectivity index (χ3v) is 3.89. The summed E-state index contributed by atoms with van der Waals surface area (Å²) in [5.41, 5.74) is 1.75. The van der Waals surface area contributed by atoms with Crippen LogP contribution in [-0.2, 0) is 11.4 Å². The number of ether oxygens (including phenoxy) is 1. The molecule has 3 aromatic rings. The van der Waals surface area contributed by atoms with Crippen LogP contribution in [-0.4, -0.2) is 28.3 Å². The zero-order chi connectivity index (χ0) is 18.4. The van der Waals surface area contributed by atoms with Crippen molar-refractivity contribution in [3.8, 4) is 5.75 Å². The van der Waals surface area contributed by atoms with Crippen LogP contribution >= 0.6 is 11.6 Å². The predicted octanol–water partition coefficient (Wildman–Crippen LogP) is 3.81. The third kappa shape index (κ3) is 4.49. The predicted molar refractivity (Wildman–Crippen MR) is 98.6 cm³/mol. The summed E-state index contributed by atoms with van der Waals surface area (Å²) in [6, 6.07) is 13.8. The van der Waals surface area contributed by atoms with Gasteiger partial charge in [-0.2, -0.15) is 0 Å². The minimum atomic E-state index is -0.551. The molecule has 6 nitrogen and oxygen atoms in total. The summed E-state index contributed by atoms with van der Waals surface area (Å²) in [6.45, 7) is 0.400. The molecule has 2 aromatic carbocycles. The molecule has 0 fully saturated rings. The highest BCUT2D eigenvalue weighted by Gasteiger charge is 2.11. The van der Waals surface area contributed by atoms with Gasteiger partial charge in [0.25, 0.3) is 0 Å². The van der Waals surface area contributed by atoms with Crippen LogP contribution < -0.4 is 4.74 Å². The van der Waals surface area contributed by atoms with Crippen molar-refractivity contribution < 1.29 is 14.4 Å². The van der Waals surface area contributed by atoms with E-state index < -0.39 is 5.97 Å². The molecule has 0 bridgehead atoms. The highest BCUT2D eigenvalue weighted by molar-refractivity contribution is 6.30. The molecule has 0 amide bonds. The summed E-state index contributed by atoms with van der Waals surface area (Å²) in [7, 11) is 1.56. The maximum Gasteiger partial charge on any atom is 0.365 e. The molecule has 7 heteroatoms. The summed E-state index contributed by atoms with van der Waals surface area (Å²) >= 11 is 5.94. The number of carbonyl (C=O) groups is 1. The largest absolute Gasteiger partial charge is 0.497 e. The van der Waals surface area contributed by atoms with E-state index in [1.165, 1.54) is 0 Å². The Bertz CT molecular complexity index is 889. The van der Waals surface area contributed by atoms with Crippen LogP contribution in [0.4, 0.5) is 0 Å². The molecule has 1 heterocycles. The molecule has 0 saturated heterocycles. The lowest BCUT2D eigenvalue weighted by molar-refractivity contribution is 0.0515. The van der Waals surface area contributed by atoms with Gasteiger partial charge < -0.3 is 14.1 Å². The van der Waals surface area contributed by atoms with E-state index in [4.69, 9.17) is 21.2 Å². The molecule has 0 N–H and O–H groups in total. The van der Waals surface area contributed by atoms with Gasteiger partial charge in [-0.25, -0.2) is 9.78 Å². The van der Waals surface area contributed by atoms with E-state index in [0.29, 0.717) is 28.6 Å². The Kier molecular flexibility index (Phi) is 5.66. The van der Waals surface area contributed by atoms with E-state index in [1.54, 1.807) is 62.2 Å². The Hall–Kier alpha value is -3.12. The van der Waals surface area contributed by atoms with Crippen LogP contribution in [0, 0.1) is 0 Å². The highest BCUT2D eigenvalue weighted by atomic mass is 35.5. The van der Waals surface area contributed by atoms with Gasteiger partial charge in [-0.3, -0.25) is 0 Å². The van der Waals surface area contributed by atoms with Gasteiger partial charge in [0.2, 0.25) is 0 Å². The molecule has 0 saturated carbocycles. The number of oxime groups is 1. The van der Waals surface area contributed by atoms with Crippen molar-refractivity contribution >= 4 is 23.3 Å². The molecule has 0 spiro atoms. The Morgan fingerprint density at radius 1 is 1.12 bits per heavy atom. The minimum absolute atomic E-state index is 0.382. The number of imidazole rings is 1. The Morgan fingerprint density at radius 2 is 1.81 bits per heavy atom. The summed E-state index contributed by atoms with van der Waals surface area (Å²) in [5, 5.41) is 4.68. The Labute approximate surface area is 155 Å². The summed E-state index contributed by atoms with van der Waals surface area (Å²) < 4.78 is 6.90. The Balaban J connectivity index is 1.80. The first kappa shape index (κ1) is 17.7. The van der Waals surface area contributed by atoms with Gasteiger partial charge in [0.15, 0.2) is 0 Å². The number of hydrogen-bond acceptors (Lipinski definition) is 5. The quantitative estimate of drug-likeness (QED) is 0.376. The molecule has 0 atom stereocenters. The third-order valence-electron chi connectivity index (χ3n) is 3.63. The zero-order valence-corrected chi connectivity index (χ0v) is 14.8. The lowest BCUT2D eigenvalue weighted by Gasteiger charge is -2.08. The summed E-state index contributed by atoms with van der Waals surface area (Å²) in [5.74, 6) is 0.108. The second kappa shape index (κ2) is 8.31. The van der Waals surface area contributed by atoms with Crippen LogP contribution in [0.1, 0.15) is 15.9 Å². The minimum Gasteiger partial charge on any atom is -0.497 e. The normalized spacial score (nSPS) is 11.2. The SMILES string of the molecule is COc1ccc(C(=O)O/N=C(\Cn2ccnc2)c2ccc(Cl)cc2)cc1. The fraction of sp³-hybridized carbons (Fsp3) is 0.105. The molecule has 0 aliphatic heterocycles. The molecule has 0 radical (unpaired) electrons. The van der Waals surface area contributed by atoms with Crippen molar-refractivity contribution in [2.24, 2.45) is 5.16 Å². The lowest BCUT2D eigenvalue weighted by Crippen LogP contribution is -2.12. The first-order valence-electron chi connectivity index (χ1n) is 7.79. The molecular weight excluding hydrogens is 354 g/mol. The fourth-order valence-corrected chi connectivity index (χ4v) is 2.37. The molecule has 3 rings (SSSR count). The van der Waals surface area contributed by atoms with Crippen LogP contribution in [0.25, 0.3) is 0 Å². The molecule has 1 aromatic heterocycles. The number of halogens is 1. The lowest BCUT2D eigenvalue weighted by atomic mass is 10.1. The van der Waals surface area contributed by atoms with Crippen LogP contribution in [0.5, 0.6) is 5.75 Å². The fourth-order valence-electron chi connectivity index (χ4n) is 2.24. The highest BCUT2D eigenvalue weighted by Crippen LogP contribution is 2.14. The number of rotatable bonds is 6. The zero-order valence-electron chi connectivity index (χ0n) is 14.0. The van der Waals surface area contributed by atoms with E-state index in [-0.39, 0.29) is 0 Å². The average Bonchev–Trinajstić information content (AvgIpc) is 3.19. The maximum absolute atomic E-state index is 12.2. The van der Waals surface area contributed by atoms with Gasteiger partial charge in [-0.15, -0.1) is 0 Å². The number of hydrogen-bond donors (Lipinski definition) is 0. The van der Waals surface area contributed by atoms with Crippen LogP contribution in [0.3, 0.4) is 0 Å². The van der Waals surface area contributed by atoms with Gasteiger partial charge >= 0.3 is 5.97 Å². The second-order valence-electron chi connectivity index (χ2n) is 5.39. The number of carbonyl (C=O) groups excluding carboxylic acids is 1. The molecule has 0 unspecified atom stereocenters. The number of benzene rings is 2. The van der Waals surface area contributed by atoms with Crippen molar-refractivity contribution in [3.05, 3.63) is 83.4 Å². The van der Waals surface area contributed by atoms with Crippen molar-refractivity contribution in [2.75, 3.05) is 7.11 Å².